The third-order valence-corrected chi connectivity index (χ3v) is 2.68. The minimum absolute atomic E-state index is 0.406. The van der Waals surface area contributed by atoms with Crippen molar-refractivity contribution < 1.29 is 14.6 Å². The first-order valence-electron chi connectivity index (χ1n) is 5.45. The van der Waals surface area contributed by atoms with Crippen LogP contribution in [0.25, 0.3) is 0 Å². The van der Waals surface area contributed by atoms with Crippen molar-refractivity contribution in [3.63, 3.8) is 0 Å². The van der Waals surface area contributed by atoms with E-state index < -0.39 is 11.5 Å². The molecule has 0 aliphatic rings. The lowest BCUT2D eigenvalue weighted by molar-refractivity contribution is -0.145. The number of carboxylic acids is 1. The molecule has 1 atom stereocenters. The van der Waals surface area contributed by atoms with E-state index in [0.29, 0.717) is 19.6 Å². The first-order chi connectivity index (χ1) is 8.08. The van der Waals surface area contributed by atoms with Crippen molar-refractivity contribution in [2.75, 3.05) is 13.7 Å². The lowest BCUT2D eigenvalue weighted by Crippen LogP contribution is -2.49. The molecule has 1 aromatic rings. The van der Waals surface area contributed by atoms with Gasteiger partial charge in [0, 0.05) is 32.7 Å². The third-order valence-electron chi connectivity index (χ3n) is 2.68. The van der Waals surface area contributed by atoms with Crippen LogP contribution in [0.1, 0.15) is 18.9 Å². The highest BCUT2D eigenvalue weighted by molar-refractivity contribution is 5.78. The highest BCUT2D eigenvalue weighted by Gasteiger charge is 2.31. The molecule has 0 saturated carbocycles. The monoisotopic (exact) mass is 238 g/mol. The molecule has 2 N–H and O–H groups in total. The molecule has 5 nitrogen and oxygen atoms in total. The molecule has 1 heterocycles. The van der Waals surface area contributed by atoms with Crippen molar-refractivity contribution in [1.82, 2.24) is 10.3 Å². The summed E-state index contributed by atoms with van der Waals surface area (Å²) < 4.78 is 4.92. The van der Waals surface area contributed by atoms with Crippen molar-refractivity contribution in [3.05, 3.63) is 30.1 Å². The second-order valence-electron chi connectivity index (χ2n) is 4.09. The summed E-state index contributed by atoms with van der Waals surface area (Å²) in [5.41, 5.74) is -0.0244. The van der Waals surface area contributed by atoms with Gasteiger partial charge in [-0.15, -0.1) is 0 Å². The van der Waals surface area contributed by atoms with Crippen LogP contribution in [0.15, 0.2) is 24.5 Å². The predicted molar refractivity (Wildman–Crippen MR) is 63.6 cm³/mol. The van der Waals surface area contributed by atoms with Gasteiger partial charge in [0.25, 0.3) is 0 Å². The lowest BCUT2D eigenvalue weighted by atomic mass is 9.98. The molecule has 0 aliphatic carbocycles. The minimum atomic E-state index is -0.980. The topological polar surface area (TPSA) is 71.5 Å². The van der Waals surface area contributed by atoms with Gasteiger partial charge in [0.2, 0.25) is 0 Å². The van der Waals surface area contributed by atoms with Crippen LogP contribution in [-0.4, -0.2) is 35.3 Å². The lowest BCUT2D eigenvalue weighted by Gasteiger charge is -2.26. The molecule has 17 heavy (non-hydrogen) atoms. The average molecular weight is 238 g/mol. The molecule has 1 unspecified atom stereocenters. The number of carbonyl (C=O) groups is 1. The van der Waals surface area contributed by atoms with Gasteiger partial charge in [-0.05, 0) is 25.0 Å². The number of nitrogens with zero attached hydrogens (tertiary/aromatic N) is 1. The van der Waals surface area contributed by atoms with Crippen LogP contribution in [0, 0.1) is 0 Å². The van der Waals surface area contributed by atoms with Gasteiger partial charge >= 0.3 is 5.97 Å². The molecule has 0 saturated heterocycles. The molecule has 5 heteroatoms. The summed E-state index contributed by atoms with van der Waals surface area (Å²) in [5, 5.41) is 12.2. The summed E-state index contributed by atoms with van der Waals surface area (Å²) >= 11 is 0. The van der Waals surface area contributed by atoms with Crippen LogP contribution in [0.2, 0.25) is 0 Å². The van der Waals surface area contributed by atoms with Crippen LogP contribution < -0.4 is 5.32 Å². The molecule has 0 amide bonds. The van der Waals surface area contributed by atoms with Gasteiger partial charge in [0.1, 0.15) is 5.54 Å². The van der Waals surface area contributed by atoms with Gasteiger partial charge < -0.3 is 9.84 Å². The second kappa shape index (κ2) is 6.32. The first kappa shape index (κ1) is 13.6. The largest absolute Gasteiger partial charge is 0.480 e. The number of rotatable bonds is 7. The number of hydrogen-bond acceptors (Lipinski definition) is 4. The molecule has 0 spiro atoms. The Labute approximate surface area is 101 Å². The Balaban J connectivity index is 2.58. The Bertz CT molecular complexity index is 356. The Morgan fingerprint density at radius 2 is 2.41 bits per heavy atom. The quantitative estimate of drug-likeness (QED) is 0.743. The van der Waals surface area contributed by atoms with Gasteiger partial charge in [-0.2, -0.15) is 0 Å². The molecule has 0 bridgehead atoms. The fourth-order valence-corrected chi connectivity index (χ4v) is 1.38. The number of nitrogens with one attached hydrogen (secondary N) is 1. The normalized spacial score (nSPS) is 14.2. The van der Waals surface area contributed by atoms with Crippen LogP contribution in [0.3, 0.4) is 0 Å². The molecule has 1 aromatic heterocycles. The van der Waals surface area contributed by atoms with Crippen molar-refractivity contribution >= 4 is 5.97 Å². The standard InChI is InChI=1S/C12H18N2O3/c1-12(11(15)16,5-7-17-2)14-9-10-4-3-6-13-8-10/h3-4,6,8,14H,5,7,9H2,1-2H3,(H,15,16). The number of aliphatic carboxylic acids is 1. The molecular weight excluding hydrogens is 220 g/mol. The summed E-state index contributed by atoms with van der Waals surface area (Å²) in [7, 11) is 1.56. The molecular formula is C12H18N2O3. The highest BCUT2D eigenvalue weighted by atomic mass is 16.5. The number of hydrogen-bond donors (Lipinski definition) is 2. The molecule has 0 aliphatic heterocycles. The number of ether oxygens (including phenoxy) is 1. The van der Waals surface area contributed by atoms with Gasteiger partial charge in [-0.1, -0.05) is 6.07 Å². The maximum absolute atomic E-state index is 11.2. The number of pyridine rings is 1. The van der Waals surface area contributed by atoms with E-state index in [1.165, 1.54) is 0 Å². The predicted octanol–water partition coefficient (Wildman–Crippen LogP) is 1.05. The Hall–Kier alpha value is -1.46. The van der Waals surface area contributed by atoms with E-state index in [1.807, 2.05) is 12.1 Å². The fraction of sp³-hybridized carbons (Fsp3) is 0.500. The van der Waals surface area contributed by atoms with Crippen LogP contribution in [0.4, 0.5) is 0 Å². The summed E-state index contributed by atoms with van der Waals surface area (Å²) in [6.07, 6.45) is 3.81. The van der Waals surface area contributed by atoms with E-state index in [2.05, 4.69) is 10.3 Å². The zero-order chi connectivity index (χ0) is 12.7. The van der Waals surface area contributed by atoms with E-state index in [9.17, 15) is 9.90 Å². The first-order valence-corrected chi connectivity index (χ1v) is 5.45. The second-order valence-corrected chi connectivity index (χ2v) is 4.09. The van der Waals surface area contributed by atoms with E-state index in [4.69, 9.17) is 4.74 Å². The average Bonchev–Trinajstić information content (AvgIpc) is 2.35. The van der Waals surface area contributed by atoms with Gasteiger partial charge in [-0.3, -0.25) is 15.1 Å². The van der Waals surface area contributed by atoms with Crippen molar-refractivity contribution in [2.24, 2.45) is 0 Å². The van der Waals surface area contributed by atoms with Crippen molar-refractivity contribution in [2.45, 2.75) is 25.4 Å². The minimum Gasteiger partial charge on any atom is -0.480 e. The SMILES string of the molecule is COCCC(C)(NCc1cccnc1)C(=O)O. The summed E-state index contributed by atoms with van der Waals surface area (Å²) in [4.78, 5) is 15.2. The van der Waals surface area contributed by atoms with E-state index in [1.54, 1.807) is 26.4 Å². The molecule has 0 aromatic carbocycles. The summed E-state index contributed by atoms with van der Waals surface area (Å²) in [6, 6.07) is 3.73. The maximum Gasteiger partial charge on any atom is 0.323 e. The molecule has 1 rings (SSSR count). The van der Waals surface area contributed by atoms with Crippen molar-refractivity contribution in [1.29, 1.82) is 0 Å². The Kier molecular flexibility index (Phi) is 5.06. The van der Waals surface area contributed by atoms with Crippen LogP contribution >= 0.6 is 0 Å². The molecule has 0 radical (unpaired) electrons. The van der Waals surface area contributed by atoms with Crippen LogP contribution in [0.5, 0.6) is 0 Å². The zero-order valence-electron chi connectivity index (χ0n) is 10.1. The van der Waals surface area contributed by atoms with E-state index >= 15 is 0 Å². The zero-order valence-corrected chi connectivity index (χ0v) is 10.1. The van der Waals surface area contributed by atoms with Crippen LogP contribution in [-0.2, 0) is 16.1 Å². The van der Waals surface area contributed by atoms with Gasteiger partial charge in [-0.25, -0.2) is 0 Å². The fourth-order valence-electron chi connectivity index (χ4n) is 1.38. The summed E-state index contributed by atoms with van der Waals surface area (Å²) in [5.74, 6) is -0.876. The smallest absolute Gasteiger partial charge is 0.323 e. The maximum atomic E-state index is 11.2. The Morgan fingerprint density at radius 1 is 1.65 bits per heavy atom. The van der Waals surface area contributed by atoms with E-state index in [-0.39, 0.29) is 0 Å². The van der Waals surface area contributed by atoms with E-state index in [0.717, 1.165) is 5.56 Å². The van der Waals surface area contributed by atoms with Gasteiger partial charge in [0.05, 0.1) is 0 Å². The number of aromatic nitrogens is 1. The number of methoxy groups -OCH3 is 1. The Morgan fingerprint density at radius 3 is 2.94 bits per heavy atom. The molecule has 94 valence electrons. The van der Waals surface area contributed by atoms with Crippen molar-refractivity contribution in [3.8, 4) is 0 Å². The van der Waals surface area contributed by atoms with Gasteiger partial charge in [0.15, 0.2) is 0 Å². The summed E-state index contributed by atoms with van der Waals surface area (Å²) in [6.45, 7) is 2.54. The molecule has 0 fully saturated rings. The third kappa shape index (κ3) is 4.13. The highest BCUT2D eigenvalue weighted by Crippen LogP contribution is 2.11. The number of carboxylic acid groups (broad SMARTS) is 1.